The van der Waals surface area contributed by atoms with Crippen molar-refractivity contribution in [3.05, 3.63) is 17.3 Å². The summed E-state index contributed by atoms with van der Waals surface area (Å²) in [5, 5.41) is 3.55. The topological polar surface area (TPSA) is 64.1 Å². The Morgan fingerprint density at radius 3 is 2.89 bits per heavy atom. The zero-order valence-corrected chi connectivity index (χ0v) is 11.7. The van der Waals surface area contributed by atoms with Crippen LogP contribution in [0.4, 0.5) is 9.93 Å². The maximum absolute atomic E-state index is 11.6. The van der Waals surface area contributed by atoms with Crippen molar-refractivity contribution in [3.8, 4) is 0 Å². The molecule has 2 aromatic rings. The molecule has 96 valence electrons. The SMILES string of the molecule is CC(C)(C)OC(=O)Nc1nc2ncc(Cl)cc2s1. The Kier molecular flexibility index (Phi) is 3.41. The van der Waals surface area contributed by atoms with Crippen molar-refractivity contribution >= 4 is 44.5 Å². The standard InChI is InChI=1S/C11H12ClN3O2S/c1-11(2,3)17-10(16)15-9-14-8-7(18-9)4-6(12)5-13-8/h4-5H,1-3H3,(H,13,14,15,16). The van der Waals surface area contributed by atoms with E-state index in [4.69, 9.17) is 16.3 Å². The van der Waals surface area contributed by atoms with Gasteiger partial charge in [0.05, 0.1) is 9.72 Å². The van der Waals surface area contributed by atoms with Crippen LogP contribution in [0.3, 0.4) is 0 Å². The molecule has 0 fully saturated rings. The molecule has 2 aromatic heterocycles. The van der Waals surface area contributed by atoms with Gasteiger partial charge in [-0.2, -0.15) is 4.98 Å². The molecule has 2 rings (SSSR count). The zero-order valence-electron chi connectivity index (χ0n) is 10.2. The van der Waals surface area contributed by atoms with E-state index in [0.29, 0.717) is 15.8 Å². The van der Waals surface area contributed by atoms with Crippen molar-refractivity contribution in [3.63, 3.8) is 0 Å². The Morgan fingerprint density at radius 1 is 1.50 bits per heavy atom. The number of halogens is 1. The third-order valence-corrected chi connectivity index (χ3v) is 2.94. The molecular formula is C11H12ClN3O2S. The molecule has 0 spiro atoms. The molecule has 0 atom stereocenters. The molecule has 0 aromatic carbocycles. The summed E-state index contributed by atoms with van der Waals surface area (Å²) in [4.78, 5) is 19.8. The van der Waals surface area contributed by atoms with Gasteiger partial charge in [-0.25, -0.2) is 9.78 Å². The number of aromatic nitrogens is 2. The molecule has 0 aliphatic heterocycles. The number of pyridine rings is 1. The molecule has 18 heavy (non-hydrogen) atoms. The lowest BCUT2D eigenvalue weighted by Crippen LogP contribution is -2.27. The van der Waals surface area contributed by atoms with Gasteiger partial charge in [-0.3, -0.25) is 5.32 Å². The number of hydrogen-bond donors (Lipinski definition) is 1. The highest BCUT2D eigenvalue weighted by Gasteiger charge is 2.17. The first-order valence-corrected chi connectivity index (χ1v) is 6.45. The van der Waals surface area contributed by atoms with E-state index < -0.39 is 11.7 Å². The minimum atomic E-state index is -0.539. The maximum Gasteiger partial charge on any atom is 0.413 e. The van der Waals surface area contributed by atoms with Gasteiger partial charge in [0.2, 0.25) is 0 Å². The number of ether oxygens (including phenoxy) is 1. The molecule has 0 saturated heterocycles. The first-order chi connectivity index (χ1) is 8.33. The van der Waals surface area contributed by atoms with E-state index in [-0.39, 0.29) is 0 Å². The number of carbonyl (C=O) groups is 1. The molecule has 0 aliphatic rings. The molecule has 0 saturated carbocycles. The van der Waals surface area contributed by atoms with Gasteiger partial charge in [-0.1, -0.05) is 22.9 Å². The summed E-state index contributed by atoms with van der Waals surface area (Å²) in [5.41, 5.74) is 0.0120. The van der Waals surface area contributed by atoms with E-state index in [0.717, 1.165) is 4.70 Å². The first kappa shape index (κ1) is 13.0. The summed E-state index contributed by atoms with van der Waals surface area (Å²) >= 11 is 7.12. The van der Waals surface area contributed by atoms with Crippen LogP contribution in [0.1, 0.15) is 20.8 Å². The number of hydrogen-bond acceptors (Lipinski definition) is 5. The van der Waals surface area contributed by atoms with Crippen molar-refractivity contribution < 1.29 is 9.53 Å². The molecular weight excluding hydrogens is 274 g/mol. The Labute approximate surface area is 113 Å². The molecule has 5 nitrogen and oxygen atoms in total. The summed E-state index contributed by atoms with van der Waals surface area (Å²) in [5.74, 6) is 0. The van der Waals surface area contributed by atoms with Gasteiger partial charge in [-0.15, -0.1) is 0 Å². The first-order valence-electron chi connectivity index (χ1n) is 5.25. The number of nitrogens with one attached hydrogen (secondary N) is 1. The van der Waals surface area contributed by atoms with Crippen molar-refractivity contribution in [2.45, 2.75) is 26.4 Å². The summed E-state index contributed by atoms with van der Waals surface area (Å²) < 4.78 is 5.94. The number of anilines is 1. The Hall–Kier alpha value is -1.40. The predicted octanol–water partition coefficient (Wildman–Crippen LogP) is 3.69. The number of thiazole rings is 1. The molecule has 0 aliphatic carbocycles. The van der Waals surface area contributed by atoms with Crippen LogP contribution in [-0.2, 0) is 4.74 Å². The van der Waals surface area contributed by atoms with Gasteiger partial charge in [0.15, 0.2) is 10.8 Å². The van der Waals surface area contributed by atoms with E-state index >= 15 is 0 Å². The van der Waals surface area contributed by atoms with Gasteiger partial charge in [-0.05, 0) is 26.8 Å². The zero-order chi connectivity index (χ0) is 13.3. The third-order valence-electron chi connectivity index (χ3n) is 1.82. The fourth-order valence-electron chi connectivity index (χ4n) is 1.24. The van der Waals surface area contributed by atoms with Crippen LogP contribution in [0.5, 0.6) is 0 Å². The highest BCUT2D eigenvalue weighted by molar-refractivity contribution is 7.22. The van der Waals surface area contributed by atoms with Crippen molar-refractivity contribution in [2.75, 3.05) is 5.32 Å². The molecule has 0 radical (unpaired) electrons. The predicted molar refractivity (Wildman–Crippen MR) is 72.3 cm³/mol. The molecule has 0 unspecified atom stereocenters. The number of carbonyl (C=O) groups excluding carboxylic acids is 1. The maximum atomic E-state index is 11.6. The number of fused-ring (bicyclic) bond motifs is 1. The van der Waals surface area contributed by atoms with Gasteiger partial charge in [0.1, 0.15) is 5.60 Å². The second-order valence-electron chi connectivity index (χ2n) is 4.62. The minimum absolute atomic E-state index is 0.439. The average Bonchev–Trinajstić information content (AvgIpc) is 2.55. The molecule has 1 N–H and O–H groups in total. The van der Waals surface area contributed by atoms with Crippen LogP contribution in [-0.4, -0.2) is 21.7 Å². The van der Waals surface area contributed by atoms with Crippen LogP contribution in [0.2, 0.25) is 5.02 Å². The Morgan fingerprint density at radius 2 is 2.22 bits per heavy atom. The quantitative estimate of drug-likeness (QED) is 0.868. The summed E-state index contributed by atoms with van der Waals surface area (Å²) in [7, 11) is 0. The van der Waals surface area contributed by atoms with E-state index in [1.165, 1.54) is 17.5 Å². The Balaban J connectivity index is 2.15. The molecule has 2 heterocycles. The van der Waals surface area contributed by atoms with Gasteiger partial charge >= 0.3 is 6.09 Å². The van der Waals surface area contributed by atoms with E-state index in [1.54, 1.807) is 26.8 Å². The number of rotatable bonds is 1. The van der Waals surface area contributed by atoms with Crippen LogP contribution >= 0.6 is 22.9 Å². The molecule has 1 amide bonds. The van der Waals surface area contributed by atoms with E-state index in [9.17, 15) is 4.79 Å². The molecule has 0 bridgehead atoms. The van der Waals surface area contributed by atoms with Crippen LogP contribution in [0, 0.1) is 0 Å². The lowest BCUT2D eigenvalue weighted by atomic mass is 10.2. The monoisotopic (exact) mass is 285 g/mol. The second-order valence-corrected chi connectivity index (χ2v) is 6.09. The van der Waals surface area contributed by atoms with Crippen molar-refractivity contribution in [2.24, 2.45) is 0 Å². The highest BCUT2D eigenvalue weighted by atomic mass is 35.5. The minimum Gasteiger partial charge on any atom is -0.444 e. The van der Waals surface area contributed by atoms with E-state index in [1.807, 2.05) is 0 Å². The number of amides is 1. The smallest absolute Gasteiger partial charge is 0.413 e. The lowest BCUT2D eigenvalue weighted by molar-refractivity contribution is 0.0636. The Bertz CT molecular complexity index is 591. The van der Waals surface area contributed by atoms with Crippen molar-refractivity contribution in [1.82, 2.24) is 9.97 Å². The third kappa shape index (κ3) is 3.30. The second kappa shape index (κ2) is 4.70. The summed E-state index contributed by atoms with van der Waals surface area (Å²) in [6.45, 7) is 5.39. The lowest BCUT2D eigenvalue weighted by Gasteiger charge is -2.18. The highest BCUT2D eigenvalue weighted by Crippen LogP contribution is 2.26. The van der Waals surface area contributed by atoms with Gasteiger partial charge in [0, 0.05) is 6.20 Å². The average molecular weight is 286 g/mol. The van der Waals surface area contributed by atoms with Crippen LogP contribution in [0.15, 0.2) is 12.3 Å². The van der Waals surface area contributed by atoms with Gasteiger partial charge < -0.3 is 4.74 Å². The summed E-state index contributed by atoms with van der Waals surface area (Å²) in [6.07, 6.45) is 0.980. The van der Waals surface area contributed by atoms with Crippen LogP contribution < -0.4 is 5.32 Å². The van der Waals surface area contributed by atoms with E-state index in [2.05, 4.69) is 15.3 Å². The largest absolute Gasteiger partial charge is 0.444 e. The fraction of sp³-hybridized carbons (Fsp3) is 0.364. The van der Waals surface area contributed by atoms with Gasteiger partial charge in [0.25, 0.3) is 0 Å². The summed E-state index contributed by atoms with van der Waals surface area (Å²) in [6, 6.07) is 1.75. The number of nitrogens with zero attached hydrogens (tertiary/aromatic N) is 2. The van der Waals surface area contributed by atoms with Crippen molar-refractivity contribution in [1.29, 1.82) is 0 Å². The van der Waals surface area contributed by atoms with Crippen LogP contribution in [0.25, 0.3) is 10.3 Å². The normalized spacial score (nSPS) is 11.6. The molecule has 7 heteroatoms. The fourth-order valence-corrected chi connectivity index (χ4v) is 2.31.